The second-order valence-corrected chi connectivity index (χ2v) is 9.45. The minimum atomic E-state index is -0.723. The Morgan fingerprint density at radius 3 is 2.58 bits per heavy atom. The summed E-state index contributed by atoms with van der Waals surface area (Å²) in [7, 11) is 1.34. The van der Waals surface area contributed by atoms with Crippen LogP contribution < -0.4 is 16.0 Å². The Labute approximate surface area is 193 Å². The van der Waals surface area contributed by atoms with E-state index >= 15 is 0 Å². The molecule has 7 heteroatoms. The molecule has 1 spiro atoms. The fraction of sp³-hybridized carbons (Fsp3) is 0.423. The number of hydrogen-bond donors (Lipinski definition) is 3. The first-order chi connectivity index (χ1) is 16.0. The summed E-state index contributed by atoms with van der Waals surface area (Å²) in [5.74, 6) is -0.528. The third kappa shape index (κ3) is 3.96. The van der Waals surface area contributed by atoms with Crippen molar-refractivity contribution in [3.63, 3.8) is 0 Å². The molecule has 2 bridgehead atoms. The van der Waals surface area contributed by atoms with Crippen LogP contribution in [-0.2, 0) is 20.7 Å². The van der Waals surface area contributed by atoms with Gasteiger partial charge in [0.05, 0.1) is 12.7 Å². The van der Waals surface area contributed by atoms with Gasteiger partial charge in [0.15, 0.2) is 0 Å². The SMILES string of the molecule is COC(=O)[C@@H](Cc1ccccc1)NC(=O)[C@@H]1C[C@@H]2CC[C@@H]1C[C@@]21NC(=O)c2ccccc2N1. The Kier molecular flexibility index (Phi) is 5.56. The Bertz CT molecular complexity index is 1070. The van der Waals surface area contributed by atoms with Crippen LogP contribution in [0.25, 0.3) is 0 Å². The molecular weight excluding hydrogens is 418 g/mol. The van der Waals surface area contributed by atoms with Gasteiger partial charge in [-0.2, -0.15) is 0 Å². The number of amides is 2. The van der Waals surface area contributed by atoms with Crippen LogP contribution in [0.3, 0.4) is 0 Å². The van der Waals surface area contributed by atoms with E-state index in [2.05, 4.69) is 16.0 Å². The van der Waals surface area contributed by atoms with Crippen molar-refractivity contribution in [1.29, 1.82) is 0 Å². The molecule has 0 radical (unpaired) electrons. The molecule has 3 aliphatic carbocycles. The number of nitrogens with one attached hydrogen (secondary N) is 3. The minimum absolute atomic E-state index is 0.0634. The maximum absolute atomic E-state index is 13.3. The molecular formula is C26H29N3O4. The number of carbonyl (C=O) groups is 3. The number of ether oxygens (including phenoxy) is 1. The van der Waals surface area contributed by atoms with Gasteiger partial charge in [0, 0.05) is 23.9 Å². The molecule has 1 aliphatic heterocycles. The molecule has 3 N–H and O–H groups in total. The Morgan fingerprint density at radius 1 is 1.09 bits per heavy atom. The van der Waals surface area contributed by atoms with E-state index in [1.807, 2.05) is 54.6 Å². The van der Waals surface area contributed by atoms with E-state index in [1.165, 1.54) is 7.11 Å². The highest BCUT2D eigenvalue weighted by atomic mass is 16.5. The van der Waals surface area contributed by atoms with Gasteiger partial charge in [-0.05, 0) is 49.3 Å². The van der Waals surface area contributed by atoms with E-state index < -0.39 is 17.7 Å². The normalized spacial score (nSPS) is 28.3. The average molecular weight is 448 g/mol. The molecule has 7 nitrogen and oxygen atoms in total. The van der Waals surface area contributed by atoms with E-state index in [0.29, 0.717) is 24.8 Å². The molecule has 2 aromatic carbocycles. The second-order valence-electron chi connectivity index (χ2n) is 9.45. The largest absolute Gasteiger partial charge is 0.467 e. The number of para-hydroxylation sites is 1. The zero-order chi connectivity index (χ0) is 23.0. The van der Waals surface area contributed by atoms with Crippen molar-refractivity contribution in [2.24, 2.45) is 17.8 Å². The fourth-order valence-electron chi connectivity index (χ4n) is 5.93. The predicted molar refractivity (Wildman–Crippen MR) is 123 cm³/mol. The van der Waals surface area contributed by atoms with Crippen molar-refractivity contribution in [1.82, 2.24) is 10.6 Å². The van der Waals surface area contributed by atoms with E-state index in [1.54, 1.807) is 0 Å². The molecule has 5 atom stereocenters. The summed E-state index contributed by atoms with van der Waals surface area (Å²) in [6.45, 7) is 0. The zero-order valence-electron chi connectivity index (χ0n) is 18.7. The number of esters is 1. The first-order valence-electron chi connectivity index (χ1n) is 11.6. The smallest absolute Gasteiger partial charge is 0.328 e. The van der Waals surface area contributed by atoms with Gasteiger partial charge in [-0.15, -0.1) is 0 Å². The lowest BCUT2D eigenvalue weighted by Gasteiger charge is -2.56. The van der Waals surface area contributed by atoms with Crippen LogP contribution >= 0.6 is 0 Å². The molecule has 4 aliphatic rings. The predicted octanol–water partition coefficient (Wildman–Crippen LogP) is 2.87. The number of anilines is 1. The van der Waals surface area contributed by atoms with Crippen LogP contribution in [0, 0.1) is 17.8 Å². The molecule has 2 aromatic rings. The van der Waals surface area contributed by atoms with Gasteiger partial charge in [-0.1, -0.05) is 42.5 Å². The standard InChI is InChI=1S/C26H29N3O4/c1-33-25(32)22(13-16-7-3-2-4-8-16)27-23(30)20-14-18-12-11-17(20)15-26(18)28-21-10-6-5-9-19(21)24(31)29-26/h2-10,17-18,20,22,28H,11-15H2,1H3,(H,27,30)(H,29,31)/t17-,18+,20-,22-,26-/m1/s1. The van der Waals surface area contributed by atoms with E-state index in [4.69, 9.17) is 4.74 Å². The quantitative estimate of drug-likeness (QED) is 0.613. The van der Waals surface area contributed by atoms with E-state index in [9.17, 15) is 14.4 Å². The molecule has 6 rings (SSSR count). The maximum atomic E-state index is 13.3. The van der Waals surface area contributed by atoms with Crippen molar-refractivity contribution < 1.29 is 19.1 Å². The lowest BCUT2D eigenvalue weighted by atomic mass is 9.58. The van der Waals surface area contributed by atoms with Crippen LogP contribution in [0.15, 0.2) is 54.6 Å². The van der Waals surface area contributed by atoms with Crippen LogP contribution in [0.1, 0.15) is 41.6 Å². The summed E-state index contributed by atoms with van der Waals surface area (Å²) in [6, 6.07) is 16.4. The van der Waals surface area contributed by atoms with Gasteiger partial charge < -0.3 is 20.7 Å². The molecule has 3 fully saturated rings. The third-order valence-corrected chi connectivity index (χ3v) is 7.56. The molecule has 1 heterocycles. The highest BCUT2D eigenvalue weighted by molar-refractivity contribution is 6.02. The Morgan fingerprint density at radius 2 is 1.85 bits per heavy atom. The van der Waals surface area contributed by atoms with Gasteiger partial charge in [-0.25, -0.2) is 4.79 Å². The van der Waals surface area contributed by atoms with Crippen molar-refractivity contribution in [2.45, 2.75) is 43.8 Å². The number of fused-ring (bicyclic) bond motifs is 3. The van der Waals surface area contributed by atoms with Gasteiger partial charge in [-0.3, -0.25) is 9.59 Å². The second kappa shape index (κ2) is 8.54. The third-order valence-electron chi connectivity index (χ3n) is 7.56. The van der Waals surface area contributed by atoms with Crippen LogP contribution in [0.2, 0.25) is 0 Å². The first-order valence-corrected chi connectivity index (χ1v) is 11.6. The first kappa shape index (κ1) is 21.5. The lowest BCUT2D eigenvalue weighted by molar-refractivity contribution is -0.147. The number of hydrogen-bond acceptors (Lipinski definition) is 5. The van der Waals surface area contributed by atoms with Crippen molar-refractivity contribution in [3.05, 3.63) is 65.7 Å². The van der Waals surface area contributed by atoms with Crippen LogP contribution in [0.4, 0.5) is 5.69 Å². The highest BCUT2D eigenvalue weighted by Crippen LogP contribution is 2.51. The molecule has 0 aromatic heterocycles. The summed E-state index contributed by atoms with van der Waals surface area (Å²) in [4.78, 5) is 38.5. The molecule has 0 saturated heterocycles. The molecule has 0 unspecified atom stereocenters. The number of benzene rings is 2. The van der Waals surface area contributed by atoms with Gasteiger partial charge in [0.1, 0.15) is 11.7 Å². The fourth-order valence-corrected chi connectivity index (χ4v) is 5.93. The molecule has 172 valence electrons. The van der Waals surface area contributed by atoms with Crippen LogP contribution in [-0.4, -0.2) is 36.6 Å². The lowest BCUT2D eigenvalue weighted by Crippen LogP contribution is -2.68. The van der Waals surface area contributed by atoms with Crippen molar-refractivity contribution in [3.8, 4) is 0 Å². The van der Waals surface area contributed by atoms with Crippen molar-refractivity contribution >= 4 is 23.5 Å². The van der Waals surface area contributed by atoms with Gasteiger partial charge in [0.25, 0.3) is 5.91 Å². The van der Waals surface area contributed by atoms with E-state index in [-0.39, 0.29) is 29.6 Å². The maximum Gasteiger partial charge on any atom is 0.328 e. The Hall–Kier alpha value is -3.35. The highest BCUT2D eigenvalue weighted by Gasteiger charge is 2.55. The molecule has 33 heavy (non-hydrogen) atoms. The summed E-state index contributed by atoms with van der Waals surface area (Å²) in [5, 5.41) is 9.79. The molecule has 3 saturated carbocycles. The van der Waals surface area contributed by atoms with Crippen LogP contribution in [0.5, 0.6) is 0 Å². The van der Waals surface area contributed by atoms with Gasteiger partial charge in [0.2, 0.25) is 5.91 Å². The minimum Gasteiger partial charge on any atom is -0.467 e. The number of carbonyl (C=O) groups excluding carboxylic acids is 3. The zero-order valence-corrected chi connectivity index (χ0v) is 18.7. The molecule has 2 amide bonds. The Balaban J connectivity index is 1.30. The number of rotatable bonds is 5. The topological polar surface area (TPSA) is 96.5 Å². The summed E-state index contributed by atoms with van der Waals surface area (Å²) < 4.78 is 4.96. The van der Waals surface area contributed by atoms with E-state index in [0.717, 1.165) is 24.1 Å². The average Bonchev–Trinajstić information content (AvgIpc) is 2.84. The summed E-state index contributed by atoms with van der Waals surface area (Å²) in [6.07, 6.45) is 3.64. The van der Waals surface area contributed by atoms with Gasteiger partial charge >= 0.3 is 5.97 Å². The summed E-state index contributed by atoms with van der Waals surface area (Å²) >= 11 is 0. The monoisotopic (exact) mass is 447 g/mol. The summed E-state index contributed by atoms with van der Waals surface area (Å²) in [5.41, 5.74) is 1.95. The number of methoxy groups -OCH3 is 1. The van der Waals surface area contributed by atoms with Crippen molar-refractivity contribution in [2.75, 3.05) is 12.4 Å².